The SMILES string of the molecule is CC(CN)C(=O)NCc1ccccc1Cl.Cl. The van der Waals surface area contributed by atoms with Crippen molar-refractivity contribution in [3.05, 3.63) is 34.9 Å². The van der Waals surface area contributed by atoms with Crippen LogP contribution in [0.3, 0.4) is 0 Å². The molecule has 3 N–H and O–H groups in total. The lowest BCUT2D eigenvalue weighted by atomic mass is 10.1. The molecule has 1 amide bonds. The van der Waals surface area contributed by atoms with Gasteiger partial charge in [0.1, 0.15) is 0 Å². The van der Waals surface area contributed by atoms with E-state index in [0.29, 0.717) is 18.1 Å². The highest BCUT2D eigenvalue weighted by Gasteiger charge is 2.10. The maximum atomic E-state index is 11.4. The van der Waals surface area contributed by atoms with Gasteiger partial charge in [-0.05, 0) is 11.6 Å². The van der Waals surface area contributed by atoms with Gasteiger partial charge in [-0.3, -0.25) is 4.79 Å². The van der Waals surface area contributed by atoms with Crippen LogP contribution in [-0.2, 0) is 11.3 Å². The van der Waals surface area contributed by atoms with Crippen LogP contribution < -0.4 is 11.1 Å². The standard InChI is InChI=1S/C11H15ClN2O.ClH/c1-8(6-13)11(15)14-7-9-4-2-3-5-10(9)12;/h2-5,8H,6-7,13H2,1H3,(H,14,15);1H. The highest BCUT2D eigenvalue weighted by molar-refractivity contribution is 6.31. The first-order valence-corrected chi connectivity index (χ1v) is 5.24. The Kier molecular flexibility index (Phi) is 7.13. The number of amides is 1. The summed E-state index contributed by atoms with van der Waals surface area (Å²) in [4.78, 5) is 11.4. The number of carbonyl (C=O) groups is 1. The van der Waals surface area contributed by atoms with Gasteiger partial charge in [0.05, 0.1) is 0 Å². The van der Waals surface area contributed by atoms with Gasteiger partial charge in [0.2, 0.25) is 5.91 Å². The lowest BCUT2D eigenvalue weighted by molar-refractivity contribution is -0.124. The van der Waals surface area contributed by atoms with Gasteiger partial charge >= 0.3 is 0 Å². The number of benzene rings is 1. The van der Waals surface area contributed by atoms with Gasteiger partial charge in [0.25, 0.3) is 0 Å². The molecule has 0 heterocycles. The van der Waals surface area contributed by atoms with E-state index in [9.17, 15) is 4.79 Å². The topological polar surface area (TPSA) is 55.1 Å². The van der Waals surface area contributed by atoms with Crippen LogP contribution in [0.1, 0.15) is 12.5 Å². The van der Waals surface area contributed by atoms with Gasteiger partial charge in [-0.1, -0.05) is 36.7 Å². The first-order chi connectivity index (χ1) is 7.15. The largest absolute Gasteiger partial charge is 0.352 e. The van der Waals surface area contributed by atoms with Crippen LogP contribution >= 0.6 is 24.0 Å². The van der Waals surface area contributed by atoms with Crippen molar-refractivity contribution in [1.29, 1.82) is 0 Å². The predicted octanol–water partition coefficient (Wildman–Crippen LogP) is 1.97. The zero-order valence-corrected chi connectivity index (χ0v) is 10.6. The number of carbonyl (C=O) groups excluding carboxylic acids is 1. The van der Waals surface area contributed by atoms with E-state index in [0.717, 1.165) is 5.56 Å². The Bertz CT molecular complexity index is 345. The van der Waals surface area contributed by atoms with Gasteiger partial charge in [-0.25, -0.2) is 0 Å². The summed E-state index contributed by atoms with van der Waals surface area (Å²) in [5, 5.41) is 3.45. The molecule has 0 spiro atoms. The first-order valence-electron chi connectivity index (χ1n) is 4.86. The minimum Gasteiger partial charge on any atom is -0.352 e. The molecule has 0 radical (unpaired) electrons. The highest BCUT2D eigenvalue weighted by atomic mass is 35.5. The van der Waals surface area contributed by atoms with Crippen LogP contribution in [-0.4, -0.2) is 12.5 Å². The van der Waals surface area contributed by atoms with Crippen molar-refractivity contribution in [2.24, 2.45) is 11.7 Å². The zero-order valence-electron chi connectivity index (χ0n) is 9.07. The molecule has 0 bridgehead atoms. The van der Waals surface area contributed by atoms with E-state index >= 15 is 0 Å². The summed E-state index contributed by atoms with van der Waals surface area (Å²) in [7, 11) is 0. The lowest BCUT2D eigenvalue weighted by Crippen LogP contribution is -2.32. The average Bonchev–Trinajstić information content (AvgIpc) is 2.26. The minimum absolute atomic E-state index is 0. The van der Waals surface area contributed by atoms with E-state index in [1.807, 2.05) is 18.2 Å². The van der Waals surface area contributed by atoms with Gasteiger partial charge < -0.3 is 11.1 Å². The van der Waals surface area contributed by atoms with E-state index < -0.39 is 0 Å². The lowest BCUT2D eigenvalue weighted by Gasteiger charge is -2.10. The van der Waals surface area contributed by atoms with E-state index in [-0.39, 0.29) is 24.2 Å². The molecule has 0 aromatic heterocycles. The van der Waals surface area contributed by atoms with Gasteiger partial charge in [0.15, 0.2) is 0 Å². The fraction of sp³-hybridized carbons (Fsp3) is 0.364. The molecule has 1 unspecified atom stereocenters. The van der Waals surface area contributed by atoms with Gasteiger partial charge in [0, 0.05) is 24.0 Å². The van der Waals surface area contributed by atoms with E-state index in [1.165, 1.54) is 0 Å². The fourth-order valence-corrected chi connectivity index (χ4v) is 1.31. The Morgan fingerprint density at radius 2 is 2.12 bits per heavy atom. The second-order valence-corrected chi connectivity index (χ2v) is 3.85. The van der Waals surface area contributed by atoms with E-state index in [2.05, 4.69) is 5.32 Å². The number of rotatable bonds is 4. The normalized spacial score (nSPS) is 11.4. The van der Waals surface area contributed by atoms with Crippen LogP contribution in [0, 0.1) is 5.92 Å². The van der Waals surface area contributed by atoms with Crippen LogP contribution in [0.15, 0.2) is 24.3 Å². The third-order valence-corrected chi connectivity index (χ3v) is 2.58. The Balaban J connectivity index is 0.00000225. The summed E-state index contributed by atoms with van der Waals surface area (Å²) in [6.45, 7) is 2.60. The quantitative estimate of drug-likeness (QED) is 0.872. The maximum Gasteiger partial charge on any atom is 0.224 e. The molecule has 0 saturated carbocycles. The van der Waals surface area contributed by atoms with E-state index in [4.69, 9.17) is 17.3 Å². The minimum atomic E-state index is -0.160. The molecule has 5 heteroatoms. The summed E-state index contributed by atoms with van der Waals surface area (Å²) in [5.41, 5.74) is 6.30. The molecule has 3 nitrogen and oxygen atoms in total. The van der Waals surface area contributed by atoms with Crippen molar-refractivity contribution in [2.45, 2.75) is 13.5 Å². The molecule has 0 saturated heterocycles. The third kappa shape index (κ3) is 4.39. The van der Waals surface area contributed by atoms with Crippen molar-refractivity contribution >= 4 is 29.9 Å². The summed E-state index contributed by atoms with van der Waals surface area (Å²) >= 11 is 5.95. The number of nitrogens with two attached hydrogens (primary N) is 1. The Labute approximate surface area is 107 Å². The molecule has 0 fully saturated rings. The molecule has 1 rings (SSSR count). The Morgan fingerprint density at radius 1 is 1.50 bits per heavy atom. The Morgan fingerprint density at radius 3 is 2.69 bits per heavy atom. The Hall–Kier alpha value is -0.770. The second kappa shape index (κ2) is 7.49. The van der Waals surface area contributed by atoms with Crippen molar-refractivity contribution < 1.29 is 4.79 Å². The van der Waals surface area contributed by atoms with E-state index in [1.54, 1.807) is 13.0 Å². The molecule has 0 aliphatic heterocycles. The number of hydrogen-bond donors (Lipinski definition) is 2. The van der Waals surface area contributed by atoms with Crippen LogP contribution in [0.2, 0.25) is 5.02 Å². The summed E-state index contributed by atoms with van der Waals surface area (Å²) < 4.78 is 0. The van der Waals surface area contributed by atoms with Crippen molar-refractivity contribution in [3.63, 3.8) is 0 Å². The molecule has 1 aromatic carbocycles. The highest BCUT2D eigenvalue weighted by Crippen LogP contribution is 2.14. The molecular formula is C11H16Cl2N2O. The summed E-state index contributed by atoms with van der Waals surface area (Å²) in [6.07, 6.45) is 0. The molecule has 0 aliphatic carbocycles. The predicted molar refractivity (Wildman–Crippen MR) is 68.8 cm³/mol. The summed E-state index contributed by atoms with van der Waals surface area (Å²) in [6, 6.07) is 7.43. The second-order valence-electron chi connectivity index (χ2n) is 3.45. The first kappa shape index (κ1) is 15.2. The van der Waals surface area contributed by atoms with Crippen LogP contribution in [0.5, 0.6) is 0 Å². The molecule has 1 aromatic rings. The smallest absolute Gasteiger partial charge is 0.224 e. The third-order valence-electron chi connectivity index (χ3n) is 2.21. The summed E-state index contributed by atoms with van der Waals surface area (Å²) in [5.74, 6) is -0.204. The van der Waals surface area contributed by atoms with Gasteiger partial charge in [-0.15, -0.1) is 12.4 Å². The number of hydrogen-bond acceptors (Lipinski definition) is 2. The molecule has 0 aliphatic rings. The van der Waals surface area contributed by atoms with Crippen molar-refractivity contribution in [1.82, 2.24) is 5.32 Å². The van der Waals surface area contributed by atoms with Crippen molar-refractivity contribution in [2.75, 3.05) is 6.54 Å². The molecular weight excluding hydrogens is 247 g/mol. The fourth-order valence-electron chi connectivity index (χ4n) is 1.11. The number of halogens is 2. The maximum absolute atomic E-state index is 11.4. The molecule has 16 heavy (non-hydrogen) atoms. The van der Waals surface area contributed by atoms with Crippen LogP contribution in [0.4, 0.5) is 0 Å². The zero-order chi connectivity index (χ0) is 11.3. The van der Waals surface area contributed by atoms with Crippen LogP contribution in [0.25, 0.3) is 0 Å². The number of nitrogens with one attached hydrogen (secondary N) is 1. The molecule has 1 atom stereocenters. The monoisotopic (exact) mass is 262 g/mol. The van der Waals surface area contributed by atoms with Gasteiger partial charge in [-0.2, -0.15) is 0 Å². The average molecular weight is 263 g/mol. The van der Waals surface area contributed by atoms with Crippen molar-refractivity contribution in [3.8, 4) is 0 Å². The molecule has 90 valence electrons.